The summed E-state index contributed by atoms with van der Waals surface area (Å²) in [5.41, 5.74) is 7.52. The number of benzene rings is 1. The number of nitrogens with one attached hydrogen (secondary N) is 1. The lowest BCUT2D eigenvalue weighted by Gasteiger charge is -2.17. The molecule has 3 N–H and O–H groups in total. The number of hydrogen-bond acceptors (Lipinski definition) is 3. The summed E-state index contributed by atoms with van der Waals surface area (Å²) in [6.45, 7) is 3.97. The van der Waals surface area contributed by atoms with E-state index in [0.717, 1.165) is 12.0 Å². The van der Waals surface area contributed by atoms with E-state index in [9.17, 15) is 9.00 Å². The van der Waals surface area contributed by atoms with Crippen molar-refractivity contribution >= 4 is 34.8 Å². The van der Waals surface area contributed by atoms with Gasteiger partial charge in [0.25, 0.3) is 0 Å². The Morgan fingerprint density at radius 1 is 1.45 bits per heavy atom. The van der Waals surface area contributed by atoms with Gasteiger partial charge in [0.1, 0.15) is 0 Å². The molecule has 0 aromatic heterocycles. The van der Waals surface area contributed by atoms with Crippen LogP contribution in [0.5, 0.6) is 0 Å². The van der Waals surface area contributed by atoms with Gasteiger partial charge in [0, 0.05) is 28.5 Å². The van der Waals surface area contributed by atoms with Crippen molar-refractivity contribution in [3.8, 4) is 0 Å². The zero-order valence-electron chi connectivity index (χ0n) is 12.1. The van der Waals surface area contributed by atoms with E-state index in [2.05, 4.69) is 5.32 Å². The van der Waals surface area contributed by atoms with Crippen LogP contribution in [0.25, 0.3) is 0 Å². The number of hydrogen-bond donors (Lipinski definition) is 2. The summed E-state index contributed by atoms with van der Waals surface area (Å²) < 4.78 is 11.2. The average Bonchev–Trinajstić information content (AvgIpc) is 2.36. The number of carbonyl (C=O) groups excluding carboxylic acids is 1. The second kappa shape index (κ2) is 9.10. The Morgan fingerprint density at radius 3 is 2.65 bits per heavy atom. The van der Waals surface area contributed by atoms with Gasteiger partial charge in [-0.15, -0.1) is 12.4 Å². The predicted octanol–water partition coefficient (Wildman–Crippen LogP) is 2.30. The first kappa shape index (κ1) is 19.1. The maximum atomic E-state index is 12.0. The van der Waals surface area contributed by atoms with Crippen LogP contribution in [0.15, 0.2) is 24.3 Å². The van der Waals surface area contributed by atoms with E-state index in [4.69, 9.17) is 5.73 Å². The van der Waals surface area contributed by atoms with E-state index >= 15 is 0 Å². The van der Waals surface area contributed by atoms with Crippen molar-refractivity contribution in [2.45, 2.75) is 32.1 Å². The van der Waals surface area contributed by atoms with Crippen LogP contribution in [-0.4, -0.2) is 22.4 Å². The molecule has 0 fully saturated rings. The summed E-state index contributed by atoms with van der Waals surface area (Å²) in [6, 6.07) is 6.87. The second-order valence-electron chi connectivity index (χ2n) is 4.82. The molecule has 0 spiro atoms. The normalized spacial score (nSPS) is 14.8. The SMILES string of the molecule is CCC(C)C(N)C(=O)Nc1cccc(CS(C)=O)c1.Cl. The molecule has 4 nitrogen and oxygen atoms in total. The van der Waals surface area contributed by atoms with E-state index in [1.165, 1.54) is 0 Å². The lowest BCUT2D eigenvalue weighted by atomic mass is 9.99. The molecular formula is C14H23ClN2O2S. The second-order valence-corrected chi connectivity index (χ2v) is 6.25. The summed E-state index contributed by atoms with van der Waals surface area (Å²) >= 11 is 0. The van der Waals surface area contributed by atoms with E-state index in [1.807, 2.05) is 38.1 Å². The van der Waals surface area contributed by atoms with E-state index in [1.54, 1.807) is 6.26 Å². The third-order valence-corrected chi connectivity index (χ3v) is 3.86. The van der Waals surface area contributed by atoms with E-state index < -0.39 is 16.8 Å². The smallest absolute Gasteiger partial charge is 0.241 e. The van der Waals surface area contributed by atoms with Gasteiger partial charge in [0.05, 0.1) is 6.04 Å². The van der Waals surface area contributed by atoms with Gasteiger partial charge < -0.3 is 11.1 Å². The van der Waals surface area contributed by atoms with Crippen LogP contribution < -0.4 is 11.1 Å². The summed E-state index contributed by atoms with van der Waals surface area (Å²) in [4.78, 5) is 12.0. The predicted molar refractivity (Wildman–Crippen MR) is 87.5 cm³/mol. The lowest BCUT2D eigenvalue weighted by molar-refractivity contribution is -0.118. The first-order chi connectivity index (χ1) is 8.93. The Labute approximate surface area is 129 Å². The van der Waals surface area contributed by atoms with Crippen molar-refractivity contribution < 1.29 is 9.00 Å². The Balaban J connectivity index is 0.00000361. The topological polar surface area (TPSA) is 72.2 Å². The molecule has 0 bridgehead atoms. The van der Waals surface area contributed by atoms with Crippen molar-refractivity contribution in [1.82, 2.24) is 0 Å². The highest BCUT2D eigenvalue weighted by Gasteiger charge is 2.19. The quantitative estimate of drug-likeness (QED) is 0.845. The number of amides is 1. The highest BCUT2D eigenvalue weighted by atomic mass is 35.5. The van der Waals surface area contributed by atoms with Crippen molar-refractivity contribution in [2.75, 3.05) is 11.6 Å². The van der Waals surface area contributed by atoms with E-state index in [-0.39, 0.29) is 24.2 Å². The molecule has 0 saturated heterocycles. The molecule has 0 aliphatic rings. The minimum Gasteiger partial charge on any atom is -0.325 e. The molecule has 0 saturated carbocycles. The summed E-state index contributed by atoms with van der Waals surface area (Å²) in [7, 11) is -0.892. The monoisotopic (exact) mass is 318 g/mol. The Hall–Kier alpha value is -0.910. The van der Waals surface area contributed by atoms with Gasteiger partial charge in [-0.2, -0.15) is 0 Å². The molecule has 0 aliphatic heterocycles. The minimum absolute atomic E-state index is 0. The molecule has 0 radical (unpaired) electrons. The van der Waals surface area contributed by atoms with Gasteiger partial charge >= 0.3 is 0 Å². The fourth-order valence-electron chi connectivity index (χ4n) is 1.71. The highest BCUT2D eigenvalue weighted by molar-refractivity contribution is 7.83. The van der Waals surface area contributed by atoms with Gasteiger partial charge in [0.15, 0.2) is 0 Å². The molecule has 20 heavy (non-hydrogen) atoms. The Bertz CT molecular complexity index is 468. The zero-order chi connectivity index (χ0) is 14.4. The molecule has 6 heteroatoms. The van der Waals surface area contributed by atoms with Gasteiger partial charge in [-0.3, -0.25) is 9.00 Å². The number of halogens is 1. The van der Waals surface area contributed by atoms with Crippen molar-refractivity contribution in [1.29, 1.82) is 0 Å². The molecule has 114 valence electrons. The number of anilines is 1. The third-order valence-electron chi connectivity index (χ3n) is 3.12. The Morgan fingerprint density at radius 2 is 2.10 bits per heavy atom. The van der Waals surface area contributed by atoms with Gasteiger partial charge in [-0.05, 0) is 23.6 Å². The standard InChI is InChI=1S/C14H22N2O2S.ClH/c1-4-10(2)13(15)14(17)16-12-7-5-6-11(8-12)9-19(3)18;/h5-8,10,13H,4,9,15H2,1-3H3,(H,16,17);1H. The first-order valence-electron chi connectivity index (χ1n) is 6.39. The molecule has 3 unspecified atom stereocenters. The van der Waals surface area contributed by atoms with Crippen LogP contribution in [0.1, 0.15) is 25.8 Å². The van der Waals surface area contributed by atoms with Crippen LogP contribution in [0.2, 0.25) is 0 Å². The maximum absolute atomic E-state index is 12.0. The largest absolute Gasteiger partial charge is 0.325 e. The van der Waals surface area contributed by atoms with Gasteiger partial charge in [-0.1, -0.05) is 32.4 Å². The lowest BCUT2D eigenvalue weighted by Crippen LogP contribution is -2.40. The van der Waals surface area contributed by atoms with Crippen LogP contribution in [0.4, 0.5) is 5.69 Å². The van der Waals surface area contributed by atoms with Crippen LogP contribution in [0, 0.1) is 5.92 Å². The van der Waals surface area contributed by atoms with Crippen molar-refractivity contribution in [2.24, 2.45) is 11.7 Å². The number of rotatable bonds is 6. The van der Waals surface area contributed by atoms with Crippen LogP contribution in [-0.2, 0) is 21.3 Å². The summed E-state index contributed by atoms with van der Waals surface area (Å²) in [5, 5.41) is 2.81. The molecule has 1 amide bonds. The zero-order valence-corrected chi connectivity index (χ0v) is 13.7. The van der Waals surface area contributed by atoms with Crippen LogP contribution in [0.3, 0.4) is 0 Å². The molecule has 1 aromatic carbocycles. The summed E-state index contributed by atoms with van der Waals surface area (Å²) in [5.74, 6) is 0.455. The molecule has 3 atom stereocenters. The average molecular weight is 319 g/mol. The fraction of sp³-hybridized carbons (Fsp3) is 0.500. The molecular weight excluding hydrogens is 296 g/mol. The number of nitrogens with two attached hydrogens (primary N) is 1. The van der Waals surface area contributed by atoms with Crippen molar-refractivity contribution in [3.63, 3.8) is 0 Å². The van der Waals surface area contributed by atoms with Crippen molar-refractivity contribution in [3.05, 3.63) is 29.8 Å². The van der Waals surface area contributed by atoms with Gasteiger partial charge in [0.2, 0.25) is 5.91 Å². The minimum atomic E-state index is -0.892. The number of carbonyl (C=O) groups is 1. The fourth-order valence-corrected chi connectivity index (χ4v) is 2.36. The molecule has 1 rings (SSSR count). The highest BCUT2D eigenvalue weighted by Crippen LogP contribution is 2.14. The van der Waals surface area contributed by atoms with E-state index in [0.29, 0.717) is 11.4 Å². The molecule has 0 heterocycles. The molecule has 0 aliphatic carbocycles. The van der Waals surface area contributed by atoms with Crippen LogP contribution >= 0.6 is 12.4 Å². The summed E-state index contributed by atoms with van der Waals surface area (Å²) in [6.07, 6.45) is 2.52. The third kappa shape index (κ3) is 6.03. The molecule has 1 aromatic rings. The first-order valence-corrected chi connectivity index (χ1v) is 8.12. The maximum Gasteiger partial charge on any atom is 0.241 e. The van der Waals surface area contributed by atoms with Gasteiger partial charge in [-0.25, -0.2) is 0 Å². The Kier molecular flexibility index (Phi) is 8.69.